The Morgan fingerprint density at radius 1 is 0.950 bits per heavy atom. The number of amides is 1. The zero-order chi connectivity index (χ0) is 28.1. The topological polar surface area (TPSA) is 75.7 Å². The first-order valence-corrected chi connectivity index (χ1v) is 15.8. The summed E-state index contributed by atoms with van der Waals surface area (Å²) in [6.07, 6.45) is 6.11. The van der Waals surface area contributed by atoms with Crippen LogP contribution in [0.4, 0.5) is 5.69 Å². The molecule has 1 N–H and O–H groups in total. The Balaban J connectivity index is 1.31. The molecule has 5 rings (SSSR count). The van der Waals surface area contributed by atoms with Gasteiger partial charge in [-0.1, -0.05) is 55.8 Å². The molecule has 0 radical (unpaired) electrons. The number of aryl methyl sites for hydroxylation is 1. The lowest BCUT2D eigenvalue weighted by Crippen LogP contribution is -2.36. The van der Waals surface area contributed by atoms with E-state index in [1.165, 1.54) is 11.1 Å². The van der Waals surface area contributed by atoms with E-state index >= 15 is 0 Å². The van der Waals surface area contributed by atoms with Crippen molar-refractivity contribution in [1.82, 2.24) is 4.90 Å². The molecular weight excluding hydrogens is 520 g/mol. The lowest BCUT2D eigenvalue weighted by Gasteiger charge is -2.31. The lowest BCUT2D eigenvalue weighted by atomic mass is 9.99. The molecule has 2 heterocycles. The van der Waals surface area contributed by atoms with Gasteiger partial charge in [-0.25, -0.2) is 8.42 Å². The van der Waals surface area contributed by atoms with Crippen molar-refractivity contribution in [2.75, 3.05) is 31.3 Å². The second-order valence-electron chi connectivity index (χ2n) is 10.8. The monoisotopic (exact) mass is 558 g/mol. The number of fused-ring (bicyclic) bond motifs is 1. The molecule has 3 aromatic rings. The van der Waals surface area contributed by atoms with Crippen molar-refractivity contribution in [2.45, 2.75) is 56.5 Å². The van der Waals surface area contributed by atoms with E-state index in [9.17, 15) is 13.2 Å². The van der Waals surface area contributed by atoms with E-state index in [-0.39, 0.29) is 23.0 Å². The minimum Gasteiger partial charge on any atom is -0.381 e. The van der Waals surface area contributed by atoms with Crippen LogP contribution in [0.5, 0.6) is 0 Å². The fourth-order valence-electron chi connectivity index (χ4n) is 5.52. The summed E-state index contributed by atoms with van der Waals surface area (Å²) >= 11 is 0. The summed E-state index contributed by atoms with van der Waals surface area (Å²) in [5.41, 5.74) is 6.11. The van der Waals surface area contributed by atoms with Crippen molar-refractivity contribution >= 4 is 27.5 Å². The van der Waals surface area contributed by atoms with Gasteiger partial charge in [-0.05, 0) is 90.9 Å². The largest absolute Gasteiger partial charge is 0.381 e. The van der Waals surface area contributed by atoms with Gasteiger partial charge in [0.2, 0.25) is 0 Å². The molecule has 0 aromatic heterocycles. The molecule has 40 heavy (non-hydrogen) atoms. The number of sulfone groups is 1. The standard InChI is InChI=1S/C33H38N2O4S/c1-3-4-24-5-9-26(10-6-24)27-11-14-32-29(21-27)22-28(17-20-40(32,37)38)33(36)34-30-12-7-25(8-13-30)23-35(2)31-15-18-39-19-16-31/h5-14,21-22,31H,3-4,15-20,23H2,1-2H3,(H,34,36). The highest BCUT2D eigenvalue weighted by Crippen LogP contribution is 2.31. The molecule has 0 saturated carbocycles. The summed E-state index contributed by atoms with van der Waals surface area (Å²) < 4.78 is 31.6. The van der Waals surface area contributed by atoms with Gasteiger partial charge in [0.15, 0.2) is 9.84 Å². The summed E-state index contributed by atoms with van der Waals surface area (Å²) in [6, 6.07) is 22.2. The Hall–Kier alpha value is -3.26. The molecule has 1 fully saturated rings. The molecule has 6 nitrogen and oxygen atoms in total. The average Bonchev–Trinajstić information content (AvgIpc) is 3.10. The summed E-state index contributed by atoms with van der Waals surface area (Å²) in [6.45, 7) is 4.62. The second-order valence-corrected chi connectivity index (χ2v) is 12.9. The van der Waals surface area contributed by atoms with Crippen molar-refractivity contribution in [3.8, 4) is 11.1 Å². The number of anilines is 1. The highest BCUT2D eigenvalue weighted by Gasteiger charge is 2.25. The van der Waals surface area contributed by atoms with E-state index in [2.05, 4.69) is 48.5 Å². The number of rotatable bonds is 8. The predicted molar refractivity (Wildman–Crippen MR) is 161 cm³/mol. The molecule has 210 valence electrons. The van der Waals surface area contributed by atoms with Gasteiger partial charge in [0, 0.05) is 37.1 Å². The van der Waals surface area contributed by atoms with Crippen LogP contribution in [-0.2, 0) is 32.3 Å². The number of benzene rings is 3. The molecule has 1 amide bonds. The Morgan fingerprint density at radius 2 is 1.62 bits per heavy atom. The van der Waals surface area contributed by atoms with Gasteiger partial charge in [0.1, 0.15) is 0 Å². The molecule has 0 aliphatic carbocycles. The van der Waals surface area contributed by atoms with Crippen LogP contribution in [0.2, 0.25) is 0 Å². The first-order valence-electron chi connectivity index (χ1n) is 14.2. The van der Waals surface area contributed by atoms with Crippen LogP contribution in [0.25, 0.3) is 17.2 Å². The Kier molecular flexibility index (Phi) is 8.84. The van der Waals surface area contributed by atoms with E-state index in [1.807, 2.05) is 36.4 Å². The summed E-state index contributed by atoms with van der Waals surface area (Å²) in [7, 11) is -1.36. The highest BCUT2D eigenvalue weighted by molar-refractivity contribution is 7.91. The third-order valence-corrected chi connectivity index (χ3v) is 9.67. The van der Waals surface area contributed by atoms with Crippen LogP contribution in [0.15, 0.2) is 77.2 Å². The van der Waals surface area contributed by atoms with Crippen molar-refractivity contribution in [1.29, 1.82) is 0 Å². The van der Waals surface area contributed by atoms with E-state index in [1.54, 1.807) is 12.1 Å². The normalized spacial score (nSPS) is 17.1. The fourth-order valence-corrected chi connectivity index (χ4v) is 6.98. The molecule has 0 spiro atoms. The smallest absolute Gasteiger partial charge is 0.251 e. The number of carbonyl (C=O) groups is 1. The molecule has 0 unspecified atom stereocenters. The van der Waals surface area contributed by atoms with E-state index in [0.717, 1.165) is 56.6 Å². The van der Waals surface area contributed by atoms with E-state index in [4.69, 9.17) is 4.74 Å². The maximum Gasteiger partial charge on any atom is 0.251 e. The van der Waals surface area contributed by atoms with Crippen LogP contribution in [0.3, 0.4) is 0 Å². The molecule has 1 saturated heterocycles. The van der Waals surface area contributed by atoms with Crippen LogP contribution < -0.4 is 5.32 Å². The number of hydrogen-bond donors (Lipinski definition) is 1. The van der Waals surface area contributed by atoms with Gasteiger partial charge in [-0.15, -0.1) is 0 Å². The zero-order valence-corrected chi connectivity index (χ0v) is 24.2. The van der Waals surface area contributed by atoms with Gasteiger partial charge >= 0.3 is 0 Å². The van der Waals surface area contributed by atoms with Crippen LogP contribution >= 0.6 is 0 Å². The molecule has 0 atom stereocenters. The number of hydrogen-bond acceptors (Lipinski definition) is 5. The molecule has 3 aromatic carbocycles. The summed E-state index contributed by atoms with van der Waals surface area (Å²) in [4.78, 5) is 15.9. The van der Waals surface area contributed by atoms with Crippen LogP contribution in [0.1, 0.15) is 49.3 Å². The molecule has 2 aliphatic heterocycles. The number of nitrogens with zero attached hydrogens (tertiary/aromatic N) is 1. The van der Waals surface area contributed by atoms with Gasteiger partial charge < -0.3 is 10.1 Å². The van der Waals surface area contributed by atoms with Crippen molar-refractivity contribution in [3.63, 3.8) is 0 Å². The van der Waals surface area contributed by atoms with E-state index in [0.29, 0.717) is 22.9 Å². The Morgan fingerprint density at radius 3 is 2.33 bits per heavy atom. The van der Waals surface area contributed by atoms with Gasteiger partial charge in [-0.2, -0.15) is 0 Å². The SMILES string of the molecule is CCCc1ccc(-c2ccc3c(c2)C=C(C(=O)Nc2ccc(CN(C)C4CCOCC4)cc2)CCS3(=O)=O)cc1. The minimum absolute atomic E-state index is 0.0954. The minimum atomic E-state index is -3.50. The van der Waals surface area contributed by atoms with Crippen molar-refractivity contribution in [2.24, 2.45) is 0 Å². The fraction of sp³-hybridized carbons (Fsp3) is 0.364. The van der Waals surface area contributed by atoms with Gasteiger partial charge in [0.05, 0.1) is 10.6 Å². The van der Waals surface area contributed by atoms with Crippen molar-refractivity contribution in [3.05, 3.63) is 89.0 Å². The lowest BCUT2D eigenvalue weighted by molar-refractivity contribution is -0.112. The third kappa shape index (κ3) is 6.72. The molecular formula is C33H38N2O4S. The number of nitrogens with one attached hydrogen (secondary N) is 1. The highest BCUT2D eigenvalue weighted by atomic mass is 32.2. The Bertz CT molecular complexity index is 1470. The zero-order valence-electron chi connectivity index (χ0n) is 23.4. The molecule has 7 heteroatoms. The van der Waals surface area contributed by atoms with Crippen LogP contribution in [0, 0.1) is 0 Å². The first kappa shape index (κ1) is 28.3. The van der Waals surface area contributed by atoms with Gasteiger partial charge in [-0.3, -0.25) is 9.69 Å². The van der Waals surface area contributed by atoms with E-state index < -0.39 is 9.84 Å². The maximum absolute atomic E-state index is 13.3. The Labute approximate surface area is 238 Å². The predicted octanol–water partition coefficient (Wildman–Crippen LogP) is 6.12. The molecule has 2 aliphatic rings. The number of ether oxygens (including phenoxy) is 1. The molecule has 0 bridgehead atoms. The quantitative estimate of drug-likeness (QED) is 0.361. The average molecular weight is 559 g/mol. The number of carbonyl (C=O) groups excluding carboxylic acids is 1. The maximum atomic E-state index is 13.3. The second kappa shape index (κ2) is 12.5. The third-order valence-electron chi connectivity index (χ3n) is 7.89. The van der Waals surface area contributed by atoms with Crippen LogP contribution in [-0.4, -0.2) is 51.3 Å². The summed E-state index contributed by atoms with van der Waals surface area (Å²) in [5.74, 6) is -0.369. The summed E-state index contributed by atoms with van der Waals surface area (Å²) in [5, 5.41) is 2.97. The van der Waals surface area contributed by atoms with Gasteiger partial charge in [0.25, 0.3) is 5.91 Å². The van der Waals surface area contributed by atoms with Crippen molar-refractivity contribution < 1.29 is 17.9 Å². The first-order chi connectivity index (χ1) is 19.3.